The minimum atomic E-state index is -0.997. The predicted molar refractivity (Wildman–Crippen MR) is 61.3 cm³/mol. The zero-order valence-electron chi connectivity index (χ0n) is 9.34. The van der Waals surface area contributed by atoms with E-state index in [1.54, 1.807) is 29.2 Å². The van der Waals surface area contributed by atoms with E-state index in [0.717, 1.165) is 0 Å². The zero-order valence-corrected chi connectivity index (χ0v) is 9.34. The van der Waals surface area contributed by atoms with Gasteiger partial charge in [-0.25, -0.2) is 4.39 Å². The summed E-state index contributed by atoms with van der Waals surface area (Å²) in [5, 5.41) is 8.87. The predicted octanol–water partition coefficient (Wildman–Crippen LogP) is 1.81. The number of carbonyl (C=O) groups is 1. The van der Waals surface area contributed by atoms with E-state index in [-0.39, 0.29) is 25.3 Å². The van der Waals surface area contributed by atoms with Crippen LogP contribution in [0.15, 0.2) is 30.3 Å². The van der Waals surface area contributed by atoms with E-state index in [2.05, 4.69) is 0 Å². The highest BCUT2D eigenvalue weighted by Gasteiger charge is 2.33. The van der Waals surface area contributed by atoms with Crippen LogP contribution < -0.4 is 0 Å². The molecule has 0 bridgehead atoms. The number of benzene rings is 1. The fourth-order valence-electron chi connectivity index (χ4n) is 2.06. The van der Waals surface area contributed by atoms with E-state index < -0.39 is 12.2 Å². The average Bonchev–Trinajstić information content (AvgIpc) is 2.70. The number of rotatable bonds is 3. The van der Waals surface area contributed by atoms with Gasteiger partial charge in [0.15, 0.2) is 5.78 Å². The molecular weight excluding hydrogens is 219 g/mol. The molecule has 88 valence electrons. The van der Waals surface area contributed by atoms with E-state index in [4.69, 9.17) is 5.26 Å². The fourth-order valence-corrected chi connectivity index (χ4v) is 2.06. The molecule has 1 fully saturated rings. The molecule has 17 heavy (non-hydrogen) atoms. The van der Waals surface area contributed by atoms with Crippen molar-refractivity contribution < 1.29 is 9.18 Å². The molecule has 1 saturated heterocycles. The highest BCUT2D eigenvalue weighted by Crippen LogP contribution is 2.20. The van der Waals surface area contributed by atoms with Gasteiger partial charge < -0.3 is 0 Å². The van der Waals surface area contributed by atoms with Crippen LogP contribution in [0, 0.1) is 11.3 Å². The van der Waals surface area contributed by atoms with Gasteiger partial charge in [-0.1, -0.05) is 30.3 Å². The Morgan fingerprint density at radius 1 is 1.47 bits per heavy atom. The number of likely N-dealkylation sites (tertiary alicyclic amines) is 1. The van der Waals surface area contributed by atoms with Gasteiger partial charge in [-0.3, -0.25) is 9.69 Å². The number of hydrogen-bond donors (Lipinski definition) is 0. The molecule has 1 heterocycles. The summed E-state index contributed by atoms with van der Waals surface area (Å²) in [6.45, 7) is 0.291. The van der Waals surface area contributed by atoms with Crippen molar-refractivity contribution in [1.29, 1.82) is 5.26 Å². The minimum absolute atomic E-state index is 0.0695. The van der Waals surface area contributed by atoms with Gasteiger partial charge in [-0.15, -0.1) is 0 Å². The molecule has 1 aromatic rings. The van der Waals surface area contributed by atoms with Crippen LogP contribution in [0.3, 0.4) is 0 Å². The molecule has 4 heteroatoms. The van der Waals surface area contributed by atoms with Crippen LogP contribution in [0.25, 0.3) is 0 Å². The Morgan fingerprint density at radius 2 is 2.18 bits per heavy atom. The Labute approximate surface area is 99.5 Å². The van der Waals surface area contributed by atoms with E-state index >= 15 is 0 Å². The van der Waals surface area contributed by atoms with E-state index in [1.165, 1.54) is 0 Å². The summed E-state index contributed by atoms with van der Waals surface area (Å²) in [4.78, 5) is 13.5. The topological polar surface area (TPSA) is 44.1 Å². The molecule has 0 aromatic heterocycles. The lowest BCUT2D eigenvalue weighted by Crippen LogP contribution is -2.33. The van der Waals surface area contributed by atoms with Crippen LogP contribution >= 0.6 is 0 Å². The van der Waals surface area contributed by atoms with E-state index in [9.17, 15) is 9.18 Å². The first kappa shape index (κ1) is 11.7. The van der Waals surface area contributed by atoms with Gasteiger partial charge in [0.1, 0.15) is 12.2 Å². The standard InChI is InChI=1S/C13H13FN2O/c14-11-6-12(7-15)16(8-11)9-13(17)10-4-2-1-3-5-10/h1-5,11-12H,6,8-9H2/t11-,12-/m0/s1. The first-order valence-corrected chi connectivity index (χ1v) is 5.56. The van der Waals surface area contributed by atoms with Crippen LogP contribution in [-0.2, 0) is 0 Å². The summed E-state index contributed by atoms with van der Waals surface area (Å²) in [6.07, 6.45) is -0.790. The number of ketones is 1. The van der Waals surface area contributed by atoms with Gasteiger partial charge in [0.2, 0.25) is 0 Å². The number of halogens is 1. The first-order chi connectivity index (χ1) is 8.20. The van der Waals surface area contributed by atoms with E-state index in [1.807, 2.05) is 12.1 Å². The van der Waals surface area contributed by atoms with Crippen LogP contribution in [-0.4, -0.2) is 36.0 Å². The highest BCUT2D eigenvalue weighted by molar-refractivity contribution is 5.97. The highest BCUT2D eigenvalue weighted by atomic mass is 19.1. The summed E-state index contributed by atoms with van der Waals surface area (Å²) in [6, 6.07) is 10.4. The third-order valence-corrected chi connectivity index (χ3v) is 2.94. The fraction of sp³-hybridized carbons (Fsp3) is 0.385. The number of Topliss-reactive ketones (excluding diaryl/α,β-unsaturated/α-hetero) is 1. The lowest BCUT2D eigenvalue weighted by Gasteiger charge is -2.17. The van der Waals surface area contributed by atoms with Crippen molar-refractivity contribution in [1.82, 2.24) is 4.90 Å². The number of carbonyl (C=O) groups excluding carboxylic acids is 1. The van der Waals surface area contributed by atoms with Crippen molar-refractivity contribution >= 4 is 5.78 Å². The van der Waals surface area contributed by atoms with Crippen LogP contribution in [0.2, 0.25) is 0 Å². The van der Waals surface area contributed by atoms with Gasteiger partial charge >= 0.3 is 0 Å². The third kappa shape index (κ3) is 2.69. The Hall–Kier alpha value is -1.73. The van der Waals surface area contributed by atoms with Gasteiger partial charge in [0.05, 0.1) is 12.6 Å². The molecule has 1 aromatic carbocycles. The molecule has 0 N–H and O–H groups in total. The number of hydrogen-bond acceptors (Lipinski definition) is 3. The molecular formula is C13H13FN2O. The van der Waals surface area contributed by atoms with Crippen molar-refractivity contribution in [3.63, 3.8) is 0 Å². The minimum Gasteiger partial charge on any atom is -0.293 e. The monoisotopic (exact) mass is 232 g/mol. The average molecular weight is 232 g/mol. The molecule has 2 atom stereocenters. The molecule has 1 aliphatic heterocycles. The Balaban J connectivity index is 2.02. The number of nitriles is 1. The SMILES string of the molecule is N#C[C@@H]1C[C@H](F)CN1CC(=O)c1ccccc1. The largest absolute Gasteiger partial charge is 0.293 e. The number of alkyl halides is 1. The zero-order chi connectivity index (χ0) is 12.3. The van der Waals surface area contributed by atoms with Gasteiger partial charge in [0, 0.05) is 18.5 Å². The van der Waals surface area contributed by atoms with Gasteiger partial charge in [0.25, 0.3) is 0 Å². The molecule has 0 aliphatic carbocycles. The molecule has 1 aliphatic rings. The first-order valence-electron chi connectivity index (χ1n) is 5.56. The lowest BCUT2D eigenvalue weighted by atomic mass is 10.1. The summed E-state index contributed by atoms with van der Waals surface area (Å²) in [5.74, 6) is -0.0695. The summed E-state index contributed by atoms with van der Waals surface area (Å²) >= 11 is 0. The normalized spacial score (nSPS) is 24.5. The van der Waals surface area contributed by atoms with Crippen molar-refractivity contribution in [2.75, 3.05) is 13.1 Å². The molecule has 0 radical (unpaired) electrons. The maximum absolute atomic E-state index is 13.2. The van der Waals surface area contributed by atoms with Crippen LogP contribution in [0.1, 0.15) is 16.8 Å². The second-order valence-electron chi connectivity index (χ2n) is 4.20. The van der Waals surface area contributed by atoms with Crippen molar-refractivity contribution in [3.05, 3.63) is 35.9 Å². The molecule has 0 amide bonds. The molecule has 0 spiro atoms. The number of nitrogens with zero attached hydrogens (tertiary/aromatic N) is 2. The molecule has 0 saturated carbocycles. The molecule has 2 rings (SSSR count). The van der Waals surface area contributed by atoms with Crippen molar-refractivity contribution in [3.8, 4) is 6.07 Å². The van der Waals surface area contributed by atoms with Gasteiger partial charge in [-0.05, 0) is 0 Å². The molecule has 3 nitrogen and oxygen atoms in total. The Bertz CT molecular complexity index is 440. The molecule has 0 unspecified atom stereocenters. The lowest BCUT2D eigenvalue weighted by molar-refractivity contribution is 0.0931. The second-order valence-corrected chi connectivity index (χ2v) is 4.20. The van der Waals surface area contributed by atoms with Crippen LogP contribution in [0.5, 0.6) is 0 Å². The second kappa shape index (κ2) is 5.07. The maximum Gasteiger partial charge on any atom is 0.176 e. The van der Waals surface area contributed by atoms with Crippen molar-refractivity contribution in [2.45, 2.75) is 18.6 Å². The summed E-state index contributed by atoms with van der Waals surface area (Å²) in [7, 11) is 0. The maximum atomic E-state index is 13.2. The Kier molecular flexibility index (Phi) is 3.50. The quantitative estimate of drug-likeness (QED) is 0.746. The van der Waals surface area contributed by atoms with E-state index in [0.29, 0.717) is 5.56 Å². The van der Waals surface area contributed by atoms with Crippen LogP contribution in [0.4, 0.5) is 4.39 Å². The smallest absolute Gasteiger partial charge is 0.176 e. The van der Waals surface area contributed by atoms with Gasteiger partial charge in [-0.2, -0.15) is 5.26 Å². The van der Waals surface area contributed by atoms with Crippen molar-refractivity contribution in [2.24, 2.45) is 0 Å². The third-order valence-electron chi connectivity index (χ3n) is 2.94. The Morgan fingerprint density at radius 3 is 2.82 bits per heavy atom. The summed E-state index contributed by atoms with van der Waals surface area (Å²) < 4.78 is 13.2. The summed E-state index contributed by atoms with van der Waals surface area (Å²) in [5.41, 5.74) is 0.603.